The molecule has 156 valence electrons. The van der Waals surface area contributed by atoms with Crippen LogP contribution in [0, 0.1) is 0 Å². The van der Waals surface area contributed by atoms with E-state index < -0.39 is 11.0 Å². The number of aromatic nitrogens is 1. The second kappa shape index (κ2) is 8.36. The molecule has 2 aromatic carbocycles. The molecule has 1 fully saturated rings. The van der Waals surface area contributed by atoms with Gasteiger partial charge in [-0.1, -0.05) is 13.0 Å². The van der Waals surface area contributed by atoms with Crippen LogP contribution in [0.15, 0.2) is 48.8 Å². The van der Waals surface area contributed by atoms with Crippen molar-refractivity contribution in [1.82, 2.24) is 9.29 Å². The van der Waals surface area contributed by atoms with E-state index in [-0.39, 0.29) is 0 Å². The lowest BCUT2D eigenvalue weighted by atomic mass is 9.97. The van der Waals surface area contributed by atoms with Crippen molar-refractivity contribution >= 4 is 33.1 Å². The number of pyridine rings is 1. The van der Waals surface area contributed by atoms with Crippen LogP contribution >= 0.6 is 0 Å². The Hall–Kier alpha value is -2.44. The Balaban J connectivity index is 1.44. The minimum atomic E-state index is -0.835. The summed E-state index contributed by atoms with van der Waals surface area (Å²) < 4.78 is 14.2. The van der Waals surface area contributed by atoms with Crippen molar-refractivity contribution in [3.8, 4) is 11.1 Å². The lowest BCUT2D eigenvalue weighted by Gasteiger charge is -2.32. The molecule has 0 amide bonds. The number of benzene rings is 2. The molecule has 2 N–H and O–H groups in total. The minimum absolute atomic E-state index is 0.387. The molecule has 1 saturated heterocycles. The summed E-state index contributed by atoms with van der Waals surface area (Å²) in [5, 5.41) is 9.59. The molecule has 3 aromatic rings. The molecule has 0 aliphatic carbocycles. The number of hydrogen-bond acceptors (Lipinski definition) is 4. The maximum absolute atomic E-state index is 12.1. The van der Waals surface area contributed by atoms with Gasteiger partial charge in [0.1, 0.15) is 0 Å². The summed E-state index contributed by atoms with van der Waals surface area (Å²) in [6.07, 6.45) is 6.91. The molecule has 5 rings (SSSR count). The molecule has 1 unspecified atom stereocenters. The van der Waals surface area contributed by atoms with E-state index in [9.17, 15) is 4.21 Å². The molecular weight excluding hydrogens is 392 g/mol. The van der Waals surface area contributed by atoms with E-state index in [0.29, 0.717) is 11.8 Å². The molecule has 2 aliphatic heterocycles. The topological polar surface area (TPSA) is 57.3 Å². The van der Waals surface area contributed by atoms with Gasteiger partial charge in [-0.2, -0.15) is 0 Å². The van der Waals surface area contributed by atoms with Crippen LogP contribution in [-0.2, 0) is 17.4 Å². The predicted octanol–water partition coefficient (Wildman–Crippen LogP) is 4.43. The number of rotatable bonds is 5. The van der Waals surface area contributed by atoms with Gasteiger partial charge in [0, 0.05) is 60.6 Å². The van der Waals surface area contributed by atoms with Gasteiger partial charge in [0.2, 0.25) is 0 Å². The van der Waals surface area contributed by atoms with Gasteiger partial charge in [-0.15, -0.1) is 0 Å². The first-order valence-corrected chi connectivity index (χ1v) is 12.1. The molecule has 5 nitrogen and oxygen atoms in total. The standard InChI is InChI=1S/C24H28N4OS/c1-2-30(29)28-11-7-21(8-12-28)27-24-15-20(14-18-5-9-25-16-22(18)24)17-3-4-23-19(13-17)6-10-26-23/h3-5,9,13-16,21,26-27H,2,6-8,10-12H2,1H3. The van der Waals surface area contributed by atoms with E-state index in [4.69, 9.17) is 0 Å². The number of fused-ring (bicyclic) bond motifs is 2. The zero-order valence-corrected chi connectivity index (χ0v) is 18.2. The highest BCUT2D eigenvalue weighted by Crippen LogP contribution is 2.34. The third-order valence-corrected chi connectivity index (χ3v) is 7.69. The average Bonchev–Trinajstić information content (AvgIpc) is 3.27. The first-order valence-electron chi connectivity index (χ1n) is 10.9. The molecule has 0 spiro atoms. The Kier molecular flexibility index (Phi) is 5.44. The number of piperidine rings is 1. The molecular formula is C24H28N4OS. The Morgan fingerprint density at radius 1 is 1.17 bits per heavy atom. The maximum atomic E-state index is 12.1. The first kappa shape index (κ1) is 19.5. The lowest BCUT2D eigenvalue weighted by Crippen LogP contribution is -2.40. The second-order valence-electron chi connectivity index (χ2n) is 8.13. The SMILES string of the molecule is CCS(=O)N1CCC(Nc2cc(-c3ccc4c(c3)CCN4)cc3ccncc23)CC1. The molecule has 0 radical (unpaired) electrons. The van der Waals surface area contributed by atoms with E-state index in [0.717, 1.165) is 50.0 Å². The van der Waals surface area contributed by atoms with E-state index >= 15 is 0 Å². The van der Waals surface area contributed by atoms with Gasteiger partial charge in [0.15, 0.2) is 0 Å². The van der Waals surface area contributed by atoms with Crippen molar-refractivity contribution in [3.05, 3.63) is 54.4 Å². The number of nitrogens with one attached hydrogen (secondary N) is 2. The van der Waals surface area contributed by atoms with Crippen LogP contribution in [-0.4, -0.2) is 44.9 Å². The molecule has 0 saturated carbocycles. The quantitative estimate of drug-likeness (QED) is 0.641. The third-order valence-electron chi connectivity index (χ3n) is 6.25. The van der Waals surface area contributed by atoms with Crippen molar-refractivity contribution in [3.63, 3.8) is 0 Å². The van der Waals surface area contributed by atoms with Gasteiger partial charge < -0.3 is 10.6 Å². The van der Waals surface area contributed by atoms with Crippen LogP contribution in [0.3, 0.4) is 0 Å². The van der Waals surface area contributed by atoms with E-state index in [2.05, 4.69) is 56.3 Å². The second-order valence-corrected chi connectivity index (χ2v) is 9.86. The highest BCUT2D eigenvalue weighted by molar-refractivity contribution is 7.82. The van der Waals surface area contributed by atoms with E-state index in [1.165, 1.54) is 27.8 Å². The molecule has 3 heterocycles. The summed E-state index contributed by atoms with van der Waals surface area (Å²) in [7, 11) is -0.835. The van der Waals surface area contributed by atoms with Gasteiger partial charge in [0.05, 0.1) is 11.0 Å². The Bertz CT molecular complexity index is 1090. The summed E-state index contributed by atoms with van der Waals surface area (Å²) in [5.41, 5.74) is 6.29. The van der Waals surface area contributed by atoms with E-state index in [1.807, 2.05) is 19.3 Å². The summed E-state index contributed by atoms with van der Waals surface area (Å²) in [6, 6.07) is 13.7. The van der Waals surface area contributed by atoms with Gasteiger partial charge >= 0.3 is 0 Å². The summed E-state index contributed by atoms with van der Waals surface area (Å²) in [4.78, 5) is 4.37. The van der Waals surface area contributed by atoms with Crippen LogP contribution in [0.1, 0.15) is 25.3 Å². The Labute approximate surface area is 180 Å². The number of nitrogens with zero attached hydrogens (tertiary/aromatic N) is 2. The third kappa shape index (κ3) is 3.82. The number of hydrogen-bond donors (Lipinski definition) is 2. The van der Waals surface area contributed by atoms with Crippen LogP contribution in [0.2, 0.25) is 0 Å². The zero-order valence-electron chi connectivity index (χ0n) is 17.4. The van der Waals surface area contributed by atoms with Crippen LogP contribution in [0.4, 0.5) is 11.4 Å². The zero-order chi connectivity index (χ0) is 20.5. The normalized spacial score (nSPS) is 18.2. The highest BCUT2D eigenvalue weighted by atomic mass is 32.2. The Morgan fingerprint density at radius 2 is 2.03 bits per heavy atom. The molecule has 2 aliphatic rings. The molecule has 1 aromatic heterocycles. The molecule has 6 heteroatoms. The summed E-state index contributed by atoms with van der Waals surface area (Å²) in [6.45, 7) is 4.77. The van der Waals surface area contributed by atoms with Crippen LogP contribution in [0.5, 0.6) is 0 Å². The molecule has 0 bridgehead atoms. The van der Waals surface area contributed by atoms with E-state index in [1.54, 1.807) is 0 Å². The van der Waals surface area contributed by atoms with Crippen LogP contribution < -0.4 is 10.6 Å². The van der Waals surface area contributed by atoms with Crippen molar-refractivity contribution in [2.75, 3.05) is 36.0 Å². The lowest BCUT2D eigenvalue weighted by molar-refractivity contribution is 0.346. The molecule has 30 heavy (non-hydrogen) atoms. The summed E-state index contributed by atoms with van der Waals surface area (Å²) >= 11 is 0. The summed E-state index contributed by atoms with van der Waals surface area (Å²) in [5.74, 6) is 0.701. The Morgan fingerprint density at radius 3 is 2.87 bits per heavy atom. The smallest absolute Gasteiger partial charge is 0.0939 e. The average molecular weight is 421 g/mol. The van der Waals surface area contributed by atoms with Gasteiger partial charge in [-0.3, -0.25) is 4.98 Å². The van der Waals surface area contributed by atoms with Gasteiger partial charge in [-0.05, 0) is 71.7 Å². The monoisotopic (exact) mass is 420 g/mol. The van der Waals surface area contributed by atoms with Crippen molar-refractivity contribution < 1.29 is 4.21 Å². The fourth-order valence-electron chi connectivity index (χ4n) is 4.58. The highest BCUT2D eigenvalue weighted by Gasteiger charge is 2.22. The molecule has 1 atom stereocenters. The van der Waals surface area contributed by atoms with Crippen molar-refractivity contribution in [2.45, 2.75) is 32.2 Å². The first-order chi connectivity index (χ1) is 14.7. The number of anilines is 2. The fourth-order valence-corrected chi connectivity index (χ4v) is 5.56. The minimum Gasteiger partial charge on any atom is -0.384 e. The van der Waals surface area contributed by atoms with Crippen molar-refractivity contribution in [1.29, 1.82) is 0 Å². The van der Waals surface area contributed by atoms with Crippen molar-refractivity contribution in [2.24, 2.45) is 0 Å². The van der Waals surface area contributed by atoms with Crippen LogP contribution in [0.25, 0.3) is 21.9 Å². The maximum Gasteiger partial charge on any atom is 0.0939 e. The van der Waals surface area contributed by atoms with Gasteiger partial charge in [-0.25, -0.2) is 8.51 Å². The fraction of sp³-hybridized carbons (Fsp3) is 0.375. The predicted molar refractivity (Wildman–Crippen MR) is 126 cm³/mol. The van der Waals surface area contributed by atoms with Gasteiger partial charge in [0.25, 0.3) is 0 Å². The largest absolute Gasteiger partial charge is 0.384 e.